The molecule has 23 heavy (non-hydrogen) atoms. The molecule has 122 valence electrons. The first-order valence-corrected chi connectivity index (χ1v) is 7.84. The second-order valence-electron chi connectivity index (χ2n) is 5.62. The fourth-order valence-corrected chi connectivity index (χ4v) is 2.66. The van der Waals surface area contributed by atoms with Crippen LogP contribution < -0.4 is 10.1 Å². The molecule has 2 N–H and O–H groups in total. The summed E-state index contributed by atoms with van der Waals surface area (Å²) < 4.78 is 11.1. The molecule has 1 amide bonds. The molecule has 1 saturated carbocycles. The largest absolute Gasteiger partial charge is 0.474 e. The van der Waals surface area contributed by atoms with Crippen molar-refractivity contribution in [3.63, 3.8) is 0 Å². The highest BCUT2D eigenvalue weighted by molar-refractivity contribution is 5.94. The van der Waals surface area contributed by atoms with Crippen LogP contribution in [-0.2, 0) is 13.2 Å². The number of aliphatic hydroxyl groups excluding tert-OH is 1. The first kappa shape index (κ1) is 15.6. The van der Waals surface area contributed by atoms with E-state index in [1.165, 1.54) is 12.8 Å². The van der Waals surface area contributed by atoms with E-state index in [1.54, 1.807) is 30.5 Å². The Morgan fingerprint density at radius 3 is 2.83 bits per heavy atom. The smallest absolute Gasteiger partial charge is 0.251 e. The predicted molar refractivity (Wildman–Crippen MR) is 82.9 cm³/mol. The summed E-state index contributed by atoms with van der Waals surface area (Å²) in [6.07, 6.45) is 6.25. The van der Waals surface area contributed by atoms with Crippen LogP contribution in [0, 0.1) is 0 Å². The molecule has 0 atom stereocenters. The van der Waals surface area contributed by atoms with Crippen molar-refractivity contribution in [3.8, 4) is 5.88 Å². The summed E-state index contributed by atoms with van der Waals surface area (Å²) in [6.45, 7) is 0.111. The highest BCUT2D eigenvalue weighted by atomic mass is 16.5. The second-order valence-corrected chi connectivity index (χ2v) is 5.62. The summed E-state index contributed by atoms with van der Waals surface area (Å²) in [5.74, 6) is 1.35. The van der Waals surface area contributed by atoms with Crippen LogP contribution in [0.25, 0.3) is 0 Å². The molecule has 0 aromatic carbocycles. The van der Waals surface area contributed by atoms with Crippen molar-refractivity contribution in [2.75, 3.05) is 0 Å². The van der Waals surface area contributed by atoms with E-state index in [4.69, 9.17) is 14.3 Å². The van der Waals surface area contributed by atoms with Crippen LogP contribution in [0.1, 0.15) is 47.6 Å². The zero-order valence-electron chi connectivity index (χ0n) is 12.8. The average Bonchev–Trinajstić information content (AvgIpc) is 3.24. The predicted octanol–water partition coefficient (Wildman–Crippen LogP) is 2.42. The maximum atomic E-state index is 12.2. The van der Waals surface area contributed by atoms with E-state index < -0.39 is 0 Å². The molecule has 3 rings (SSSR count). The van der Waals surface area contributed by atoms with Gasteiger partial charge in [0, 0.05) is 17.8 Å². The van der Waals surface area contributed by atoms with Gasteiger partial charge in [-0.25, -0.2) is 4.98 Å². The van der Waals surface area contributed by atoms with Crippen molar-refractivity contribution in [1.29, 1.82) is 0 Å². The third kappa shape index (κ3) is 4.10. The molecule has 1 aliphatic rings. The Morgan fingerprint density at radius 2 is 2.09 bits per heavy atom. The Kier molecular flexibility index (Phi) is 4.92. The van der Waals surface area contributed by atoms with Crippen LogP contribution in [0.4, 0.5) is 0 Å². The van der Waals surface area contributed by atoms with Gasteiger partial charge in [0.25, 0.3) is 5.91 Å². The number of carbonyl (C=O) groups excluding carboxylic acids is 1. The van der Waals surface area contributed by atoms with Gasteiger partial charge in [0.2, 0.25) is 5.88 Å². The molecule has 1 aliphatic carbocycles. The quantitative estimate of drug-likeness (QED) is 0.855. The standard InChI is InChI=1S/C17H20N2O4/c20-11-15-6-5-14(22-15)10-19-17(21)12-7-8-18-16(9-12)23-13-3-1-2-4-13/h5-9,13,20H,1-4,10-11H2,(H,19,21). The van der Waals surface area contributed by atoms with E-state index in [1.807, 2.05) is 0 Å². The molecule has 0 bridgehead atoms. The number of aliphatic hydroxyl groups is 1. The van der Waals surface area contributed by atoms with Gasteiger partial charge < -0.3 is 19.6 Å². The van der Waals surface area contributed by atoms with Crippen LogP contribution in [0.15, 0.2) is 34.9 Å². The van der Waals surface area contributed by atoms with Crippen LogP contribution in [0.3, 0.4) is 0 Å². The van der Waals surface area contributed by atoms with Crippen molar-refractivity contribution >= 4 is 5.91 Å². The number of carbonyl (C=O) groups is 1. The van der Waals surface area contributed by atoms with E-state index >= 15 is 0 Å². The SMILES string of the molecule is O=C(NCc1ccc(CO)o1)c1ccnc(OC2CCCC2)c1. The van der Waals surface area contributed by atoms with Gasteiger partial charge >= 0.3 is 0 Å². The molecule has 2 aromatic heterocycles. The fraction of sp³-hybridized carbons (Fsp3) is 0.412. The molecule has 0 radical (unpaired) electrons. The van der Waals surface area contributed by atoms with Gasteiger partial charge in [-0.2, -0.15) is 0 Å². The lowest BCUT2D eigenvalue weighted by Crippen LogP contribution is -2.22. The van der Waals surface area contributed by atoms with E-state index in [2.05, 4.69) is 10.3 Å². The minimum atomic E-state index is -0.217. The lowest BCUT2D eigenvalue weighted by molar-refractivity contribution is 0.0946. The Balaban J connectivity index is 1.57. The number of furan rings is 1. The lowest BCUT2D eigenvalue weighted by Gasteiger charge is -2.12. The summed E-state index contributed by atoms with van der Waals surface area (Å²) in [6, 6.07) is 6.72. The first-order valence-electron chi connectivity index (χ1n) is 7.84. The van der Waals surface area contributed by atoms with Crippen molar-refractivity contribution in [1.82, 2.24) is 10.3 Å². The molecule has 0 unspecified atom stereocenters. The minimum Gasteiger partial charge on any atom is -0.474 e. The average molecular weight is 316 g/mol. The Bertz CT molecular complexity index is 662. The lowest BCUT2D eigenvalue weighted by atomic mass is 10.2. The molecule has 2 heterocycles. The molecule has 0 aliphatic heterocycles. The number of rotatable bonds is 6. The number of nitrogens with one attached hydrogen (secondary N) is 1. The molecular weight excluding hydrogens is 296 g/mol. The topological polar surface area (TPSA) is 84.6 Å². The summed E-state index contributed by atoms with van der Waals surface area (Å²) in [5.41, 5.74) is 0.502. The van der Waals surface area contributed by atoms with Gasteiger partial charge in [0.15, 0.2) is 0 Å². The molecule has 6 heteroatoms. The van der Waals surface area contributed by atoms with Gasteiger partial charge in [-0.15, -0.1) is 0 Å². The number of aromatic nitrogens is 1. The number of hydrogen-bond donors (Lipinski definition) is 2. The van der Waals surface area contributed by atoms with Crippen LogP contribution in [0.5, 0.6) is 5.88 Å². The van der Waals surface area contributed by atoms with Gasteiger partial charge in [-0.3, -0.25) is 4.79 Å². The monoisotopic (exact) mass is 316 g/mol. The third-order valence-electron chi connectivity index (χ3n) is 3.88. The summed E-state index contributed by atoms with van der Waals surface area (Å²) in [4.78, 5) is 16.4. The Morgan fingerprint density at radius 1 is 1.30 bits per heavy atom. The molecule has 0 spiro atoms. The van der Waals surface area contributed by atoms with Crippen LogP contribution >= 0.6 is 0 Å². The number of hydrogen-bond acceptors (Lipinski definition) is 5. The first-order chi connectivity index (χ1) is 11.2. The van der Waals surface area contributed by atoms with Gasteiger partial charge in [0.1, 0.15) is 24.2 Å². The molecular formula is C17H20N2O4. The number of nitrogens with zero attached hydrogens (tertiary/aromatic N) is 1. The summed E-state index contributed by atoms with van der Waals surface area (Å²) >= 11 is 0. The van der Waals surface area contributed by atoms with Gasteiger partial charge in [-0.1, -0.05) is 0 Å². The highest BCUT2D eigenvalue weighted by Gasteiger charge is 2.17. The number of amides is 1. The Hall–Kier alpha value is -2.34. The van der Waals surface area contributed by atoms with Crippen molar-refractivity contribution in [2.45, 2.75) is 44.9 Å². The molecule has 1 fully saturated rings. The van der Waals surface area contributed by atoms with Gasteiger partial charge in [-0.05, 0) is 43.9 Å². The second kappa shape index (κ2) is 7.28. The van der Waals surface area contributed by atoms with E-state index in [-0.39, 0.29) is 25.2 Å². The van der Waals surface area contributed by atoms with E-state index in [9.17, 15) is 4.79 Å². The zero-order valence-corrected chi connectivity index (χ0v) is 12.8. The number of pyridine rings is 1. The number of ether oxygens (including phenoxy) is 1. The normalized spacial score (nSPS) is 14.8. The highest BCUT2D eigenvalue weighted by Crippen LogP contribution is 2.23. The summed E-state index contributed by atoms with van der Waals surface area (Å²) in [7, 11) is 0. The van der Waals surface area contributed by atoms with Crippen molar-refractivity contribution in [2.24, 2.45) is 0 Å². The van der Waals surface area contributed by atoms with E-state index in [0.717, 1.165) is 12.8 Å². The molecule has 0 saturated heterocycles. The van der Waals surface area contributed by atoms with Crippen molar-refractivity contribution in [3.05, 3.63) is 47.5 Å². The van der Waals surface area contributed by atoms with Gasteiger partial charge in [0.05, 0.1) is 6.54 Å². The minimum absolute atomic E-state index is 0.153. The summed E-state index contributed by atoms with van der Waals surface area (Å²) in [5, 5.41) is 11.7. The molecule has 6 nitrogen and oxygen atoms in total. The van der Waals surface area contributed by atoms with E-state index in [0.29, 0.717) is 23.0 Å². The zero-order chi connectivity index (χ0) is 16.1. The van der Waals surface area contributed by atoms with Crippen LogP contribution in [0.2, 0.25) is 0 Å². The maximum absolute atomic E-state index is 12.2. The third-order valence-corrected chi connectivity index (χ3v) is 3.88. The van der Waals surface area contributed by atoms with Crippen molar-refractivity contribution < 1.29 is 19.1 Å². The van der Waals surface area contributed by atoms with Crippen LogP contribution in [-0.4, -0.2) is 22.1 Å². The fourth-order valence-electron chi connectivity index (χ4n) is 2.66. The Labute approximate surface area is 134 Å². The maximum Gasteiger partial charge on any atom is 0.251 e. The molecule has 2 aromatic rings.